The Morgan fingerprint density at radius 3 is 2.08 bits per heavy atom. The van der Waals surface area contributed by atoms with Crippen molar-refractivity contribution in [3.8, 4) is 0 Å². The maximum absolute atomic E-state index is 13.2. The first kappa shape index (κ1) is 36.6. The van der Waals surface area contributed by atoms with E-state index in [2.05, 4.69) is 55.3 Å². The van der Waals surface area contributed by atoms with E-state index in [1.165, 1.54) is 29.3 Å². The summed E-state index contributed by atoms with van der Waals surface area (Å²) in [5.41, 5.74) is 1.77. The van der Waals surface area contributed by atoms with Crippen molar-refractivity contribution in [3.05, 3.63) is 124 Å². The zero-order chi connectivity index (χ0) is 34.9. The smallest absolute Gasteiger partial charge is 0.356 e. The fourth-order valence-electron chi connectivity index (χ4n) is 5.39. The van der Waals surface area contributed by atoms with E-state index in [-0.39, 0.29) is 36.4 Å². The molecule has 1 N–H and O–H groups in total. The minimum atomic E-state index is -2.89. The SMILES string of the molecule is CCOC(=O)c1ccc(/C=C/C(=O)NCC(=O)N(C)c2ccc(Cl)c(CO[Si](c3ccccc3)(c3ccccc3)C(C)(C)C)c2Cl)cn1. The van der Waals surface area contributed by atoms with Gasteiger partial charge in [0, 0.05) is 29.9 Å². The van der Waals surface area contributed by atoms with Crippen LogP contribution in [0.5, 0.6) is 0 Å². The number of ether oxygens (including phenoxy) is 1. The van der Waals surface area contributed by atoms with Crippen LogP contribution in [0.3, 0.4) is 0 Å². The van der Waals surface area contributed by atoms with Crippen molar-refractivity contribution >= 4 is 71.4 Å². The minimum Gasteiger partial charge on any atom is -0.461 e. The van der Waals surface area contributed by atoms with Gasteiger partial charge in [0.1, 0.15) is 5.69 Å². The first-order chi connectivity index (χ1) is 22.9. The van der Waals surface area contributed by atoms with Gasteiger partial charge in [-0.1, -0.05) is 111 Å². The number of nitrogens with one attached hydrogen (secondary N) is 1. The quantitative estimate of drug-likeness (QED) is 0.104. The number of pyridine rings is 1. The van der Waals surface area contributed by atoms with Gasteiger partial charge in [-0.25, -0.2) is 9.78 Å². The topological polar surface area (TPSA) is 97.8 Å². The van der Waals surface area contributed by atoms with E-state index in [4.69, 9.17) is 32.4 Å². The highest BCUT2D eigenvalue weighted by molar-refractivity contribution is 6.99. The third-order valence-electron chi connectivity index (χ3n) is 7.86. The van der Waals surface area contributed by atoms with Crippen molar-refractivity contribution in [2.24, 2.45) is 0 Å². The molecular formula is C37H39Cl2N3O5Si. The molecule has 0 atom stereocenters. The molecule has 11 heteroatoms. The van der Waals surface area contributed by atoms with Gasteiger partial charge < -0.3 is 19.4 Å². The van der Waals surface area contributed by atoms with Gasteiger partial charge in [-0.2, -0.15) is 0 Å². The second-order valence-corrected chi connectivity index (χ2v) is 17.1. The normalized spacial score (nSPS) is 11.7. The van der Waals surface area contributed by atoms with Gasteiger partial charge in [-0.3, -0.25) is 9.59 Å². The number of carbonyl (C=O) groups is 3. The standard InChI is InChI=1S/C37H39Cl2N3O5Si/c1-6-46-36(45)31-20-17-26(23-40-31)18-22-33(43)41-24-34(44)42(5)32-21-19-30(38)29(35(32)39)25-47-48(37(2,3)4,27-13-9-7-10-14-27)28-15-11-8-12-16-28/h7-23H,6,24-25H2,1-5H3,(H,41,43)/b22-18+. The second-order valence-electron chi connectivity index (χ2n) is 12.0. The molecule has 8 nitrogen and oxygen atoms in total. The van der Waals surface area contributed by atoms with Crippen LogP contribution in [0.2, 0.25) is 15.1 Å². The number of esters is 1. The summed E-state index contributed by atoms with van der Waals surface area (Å²) in [5.74, 6) is -1.39. The molecule has 0 aliphatic rings. The number of benzene rings is 3. The van der Waals surface area contributed by atoms with Crippen LogP contribution in [-0.2, 0) is 25.4 Å². The van der Waals surface area contributed by atoms with Crippen LogP contribution in [0, 0.1) is 0 Å². The summed E-state index contributed by atoms with van der Waals surface area (Å²) in [6, 6.07) is 27.0. The summed E-state index contributed by atoms with van der Waals surface area (Å²) < 4.78 is 12.0. The van der Waals surface area contributed by atoms with Gasteiger partial charge >= 0.3 is 5.97 Å². The lowest BCUT2D eigenvalue weighted by atomic mass is 10.2. The molecule has 0 aliphatic heterocycles. The number of carbonyl (C=O) groups excluding carboxylic acids is 3. The predicted molar refractivity (Wildman–Crippen MR) is 195 cm³/mol. The molecular weight excluding hydrogens is 665 g/mol. The van der Waals surface area contributed by atoms with Gasteiger partial charge in [0.25, 0.3) is 8.32 Å². The summed E-state index contributed by atoms with van der Waals surface area (Å²) >= 11 is 13.6. The summed E-state index contributed by atoms with van der Waals surface area (Å²) in [6.07, 6.45) is 4.26. The Hall–Kier alpha value is -4.28. The van der Waals surface area contributed by atoms with Crippen molar-refractivity contribution in [1.82, 2.24) is 10.3 Å². The Morgan fingerprint density at radius 1 is 0.917 bits per heavy atom. The van der Waals surface area contributed by atoms with Crippen molar-refractivity contribution in [3.63, 3.8) is 0 Å². The maximum atomic E-state index is 13.2. The van der Waals surface area contributed by atoms with E-state index in [9.17, 15) is 14.4 Å². The number of halogens is 2. The molecule has 4 rings (SSSR count). The Bertz CT molecular complexity index is 1720. The molecule has 0 fully saturated rings. The lowest BCUT2D eigenvalue weighted by molar-refractivity contribution is -0.122. The molecule has 2 amide bonds. The predicted octanol–water partition coefficient (Wildman–Crippen LogP) is 6.43. The number of nitrogens with zero attached hydrogens (tertiary/aromatic N) is 2. The molecule has 48 heavy (non-hydrogen) atoms. The van der Waals surface area contributed by atoms with Crippen LogP contribution in [-0.4, -0.2) is 51.3 Å². The van der Waals surface area contributed by atoms with E-state index in [0.29, 0.717) is 26.9 Å². The molecule has 0 unspecified atom stereocenters. The van der Waals surface area contributed by atoms with Gasteiger partial charge in [0.15, 0.2) is 0 Å². The summed E-state index contributed by atoms with van der Waals surface area (Å²) in [4.78, 5) is 42.9. The lowest BCUT2D eigenvalue weighted by Crippen LogP contribution is -2.66. The molecule has 0 saturated heterocycles. The highest BCUT2D eigenvalue weighted by Gasteiger charge is 2.50. The first-order valence-corrected chi connectivity index (χ1v) is 18.1. The Balaban J connectivity index is 1.49. The van der Waals surface area contributed by atoms with Crippen LogP contribution >= 0.6 is 23.2 Å². The molecule has 1 heterocycles. The molecule has 0 radical (unpaired) electrons. The van der Waals surface area contributed by atoms with Gasteiger partial charge in [-0.05, 0) is 52.2 Å². The third-order valence-corrected chi connectivity index (χ3v) is 13.6. The largest absolute Gasteiger partial charge is 0.461 e. The molecule has 4 aromatic rings. The van der Waals surface area contributed by atoms with Gasteiger partial charge in [-0.15, -0.1) is 0 Å². The fraction of sp³-hybridized carbons (Fsp3) is 0.243. The second kappa shape index (κ2) is 16.2. The van der Waals surface area contributed by atoms with Crippen LogP contribution in [0.4, 0.5) is 5.69 Å². The van der Waals surface area contributed by atoms with E-state index in [1.54, 1.807) is 32.2 Å². The number of hydrogen-bond donors (Lipinski definition) is 1. The van der Waals surface area contributed by atoms with Crippen LogP contribution in [0.1, 0.15) is 49.3 Å². The highest BCUT2D eigenvalue weighted by Crippen LogP contribution is 2.40. The molecule has 1 aromatic heterocycles. The number of amides is 2. The molecule has 250 valence electrons. The zero-order valence-corrected chi connectivity index (χ0v) is 30.1. The number of likely N-dealkylation sites (N-methyl/N-ethyl adjacent to an activating group) is 1. The van der Waals surface area contributed by atoms with Crippen LogP contribution in [0.25, 0.3) is 6.08 Å². The Morgan fingerprint density at radius 2 is 1.54 bits per heavy atom. The first-order valence-electron chi connectivity index (χ1n) is 15.5. The van der Waals surface area contributed by atoms with Crippen molar-refractivity contribution in [2.45, 2.75) is 39.3 Å². The number of rotatable bonds is 12. The molecule has 0 saturated carbocycles. The van der Waals surface area contributed by atoms with Crippen molar-refractivity contribution in [1.29, 1.82) is 0 Å². The van der Waals surface area contributed by atoms with Crippen LogP contribution in [0.15, 0.2) is 97.2 Å². The highest BCUT2D eigenvalue weighted by atomic mass is 35.5. The number of aromatic nitrogens is 1. The van der Waals surface area contributed by atoms with Gasteiger partial charge in [0.2, 0.25) is 11.8 Å². The lowest BCUT2D eigenvalue weighted by Gasteiger charge is -2.43. The molecule has 0 aliphatic carbocycles. The average molecular weight is 705 g/mol. The number of hydrogen-bond acceptors (Lipinski definition) is 6. The maximum Gasteiger partial charge on any atom is 0.356 e. The zero-order valence-electron chi connectivity index (χ0n) is 27.6. The molecule has 0 spiro atoms. The number of anilines is 1. The Labute approximate surface area is 292 Å². The monoisotopic (exact) mass is 703 g/mol. The summed E-state index contributed by atoms with van der Waals surface area (Å²) in [7, 11) is -1.30. The molecule has 0 bridgehead atoms. The third kappa shape index (κ3) is 8.40. The molecule has 3 aromatic carbocycles. The van der Waals surface area contributed by atoms with Gasteiger partial charge in [0.05, 0.1) is 30.5 Å². The van der Waals surface area contributed by atoms with E-state index in [1.807, 2.05) is 36.4 Å². The van der Waals surface area contributed by atoms with E-state index < -0.39 is 20.2 Å². The Kier molecular flexibility index (Phi) is 12.3. The minimum absolute atomic E-state index is 0.123. The van der Waals surface area contributed by atoms with E-state index in [0.717, 1.165) is 10.4 Å². The van der Waals surface area contributed by atoms with Crippen molar-refractivity contribution in [2.75, 3.05) is 25.1 Å². The summed E-state index contributed by atoms with van der Waals surface area (Å²) in [6.45, 7) is 8.38. The summed E-state index contributed by atoms with van der Waals surface area (Å²) in [5, 5.41) is 5.29. The fourth-order valence-corrected chi connectivity index (χ4v) is 10.5. The average Bonchev–Trinajstić information content (AvgIpc) is 3.08. The van der Waals surface area contributed by atoms with E-state index >= 15 is 0 Å². The van der Waals surface area contributed by atoms with Crippen molar-refractivity contribution < 1.29 is 23.5 Å². The van der Waals surface area contributed by atoms with Crippen LogP contribution < -0.4 is 20.6 Å².